The van der Waals surface area contributed by atoms with Crippen molar-refractivity contribution in [2.24, 2.45) is 5.73 Å². The molecule has 0 radical (unpaired) electrons. The van der Waals surface area contributed by atoms with Gasteiger partial charge in [0.15, 0.2) is 0 Å². The smallest absolute Gasteiger partial charge is 0.229 e. The molecule has 1 heterocycles. The van der Waals surface area contributed by atoms with Crippen LogP contribution in [-0.4, -0.2) is 23.6 Å². The Balaban J connectivity index is 2.29. The first-order valence-corrected chi connectivity index (χ1v) is 7.09. The average molecular weight is 286 g/mol. The first kappa shape index (κ1) is 15.3. The maximum Gasteiger partial charge on any atom is 0.229 e. The van der Waals surface area contributed by atoms with E-state index in [1.165, 1.54) is 5.56 Å². The third kappa shape index (κ3) is 3.70. The number of methoxy groups -OCH3 is 1. The van der Waals surface area contributed by atoms with Crippen LogP contribution in [0.1, 0.15) is 23.7 Å². The number of ether oxygens (including phenoxy) is 1. The molecule has 5 heteroatoms. The number of nitrogens with two attached hydrogens (primary N) is 1. The van der Waals surface area contributed by atoms with E-state index in [1.807, 2.05) is 25.1 Å². The molecule has 0 saturated carbocycles. The Kier molecular flexibility index (Phi) is 5.11. The molecule has 2 rings (SSSR count). The molecule has 0 bridgehead atoms. The predicted molar refractivity (Wildman–Crippen MR) is 84.4 cm³/mol. The van der Waals surface area contributed by atoms with Gasteiger partial charge in [-0.1, -0.05) is 24.3 Å². The van der Waals surface area contributed by atoms with Crippen molar-refractivity contribution in [1.29, 1.82) is 0 Å². The number of benzene rings is 1. The van der Waals surface area contributed by atoms with E-state index >= 15 is 0 Å². The van der Waals surface area contributed by atoms with E-state index in [4.69, 9.17) is 10.5 Å². The van der Waals surface area contributed by atoms with Gasteiger partial charge in [-0.2, -0.15) is 4.98 Å². The summed E-state index contributed by atoms with van der Waals surface area (Å²) in [7, 11) is 1.62. The van der Waals surface area contributed by atoms with Gasteiger partial charge in [-0.25, -0.2) is 4.98 Å². The number of aromatic nitrogens is 2. The third-order valence-electron chi connectivity index (χ3n) is 3.39. The lowest BCUT2D eigenvalue weighted by molar-refractivity contribution is 0.396. The van der Waals surface area contributed by atoms with E-state index < -0.39 is 0 Å². The van der Waals surface area contributed by atoms with Gasteiger partial charge in [0.2, 0.25) is 11.8 Å². The van der Waals surface area contributed by atoms with Crippen molar-refractivity contribution in [1.82, 2.24) is 9.97 Å². The highest BCUT2D eigenvalue weighted by Gasteiger charge is 2.12. The van der Waals surface area contributed by atoms with Crippen LogP contribution in [0.2, 0.25) is 0 Å². The summed E-state index contributed by atoms with van der Waals surface area (Å²) in [6.45, 7) is 6.10. The number of hydrogen-bond acceptors (Lipinski definition) is 5. The van der Waals surface area contributed by atoms with Gasteiger partial charge < -0.3 is 15.4 Å². The highest BCUT2D eigenvalue weighted by atomic mass is 16.5. The second-order valence-corrected chi connectivity index (χ2v) is 4.84. The van der Waals surface area contributed by atoms with Crippen molar-refractivity contribution in [2.45, 2.75) is 26.9 Å². The highest BCUT2D eigenvalue weighted by molar-refractivity contribution is 5.38. The maximum atomic E-state index is 5.81. The fourth-order valence-corrected chi connectivity index (χ4v) is 2.21. The number of anilines is 1. The first-order valence-electron chi connectivity index (χ1n) is 7.09. The lowest BCUT2D eigenvalue weighted by atomic mass is 10.1. The van der Waals surface area contributed by atoms with Crippen LogP contribution in [0.5, 0.6) is 5.88 Å². The quantitative estimate of drug-likeness (QED) is 0.882. The zero-order valence-electron chi connectivity index (χ0n) is 12.8. The molecule has 2 N–H and O–H groups in total. The van der Waals surface area contributed by atoms with Gasteiger partial charge in [-0.15, -0.1) is 0 Å². The molecule has 1 aromatic carbocycles. The largest absolute Gasteiger partial charge is 0.481 e. The molecule has 0 fully saturated rings. The predicted octanol–water partition coefficient (Wildman–Crippen LogP) is 2.28. The third-order valence-corrected chi connectivity index (χ3v) is 3.39. The Hall–Kier alpha value is -2.14. The van der Waals surface area contributed by atoms with Crippen LogP contribution in [0.4, 0.5) is 5.95 Å². The van der Waals surface area contributed by atoms with Crippen LogP contribution < -0.4 is 15.4 Å². The summed E-state index contributed by atoms with van der Waals surface area (Å²) < 4.78 is 5.23. The Bertz CT molecular complexity index is 601. The molecule has 0 amide bonds. The minimum Gasteiger partial charge on any atom is -0.481 e. The molecule has 0 aliphatic heterocycles. The standard InChI is InChI=1S/C16H22N4O/c1-4-20(11-14-8-6-5-7-13(14)10-17)16-18-12(2)9-15(19-16)21-3/h5-9H,4,10-11,17H2,1-3H3. The Morgan fingerprint density at radius 2 is 1.90 bits per heavy atom. The number of hydrogen-bond donors (Lipinski definition) is 1. The Labute approximate surface area is 125 Å². The molecule has 112 valence electrons. The second-order valence-electron chi connectivity index (χ2n) is 4.84. The van der Waals surface area contributed by atoms with E-state index in [-0.39, 0.29) is 0 Å². The van der Waals surface area contributed by atoms with Gasteiger partial charge in [-0.05, 0) is 25.0 Å². The summed E-state index contributed by atoms with van der Waals surface area (Å²) in [5.41, 5.74) is 9.05. The summed E-state index contributed by atoms with van der Waals surface area (Å²) in [5, 5.41) is 0. The molecule has 0 unspecified atom stereocenters. The van der Waals surface area contributed by atoms with Crippen molar-refractivity contribution < 1.29 is 4.74 Å². The van der Waals surface area contributed by atoms with Gasteiger partial charge >= 0.3 is 0 Å². The van der Waals surface area contributed by atoms with Crippen molar-refractivity contribution in [2.75, 3.05) is 18.6 Å². The molecule has 0 spiro atoms. The average Bonchev–Trinajstić information content (AvgIpc) is 2.52. The highest BCUT2D eigenvalue weighted by Crippen LogP contribution is 2.18. The van der Waals surface area contributed by atoms with Crippen LogP contribution in [0, 0.1) is 6.92 Å². The van der Waals surface area contributed by atoms with Gasteiger partial charge in [0.05, 0.1) is 7.11 Å². The van der Waals surface area contributed by atoms with Crippen LogP contribution in [0.15, 0.2) is 30.3 Å². The fraction of sp³-hybridized carbons (Fsp3) is 0.375. The number of rotatable bonds is 6. The van der Waals surface area contributed by atoms with Crippen molar-refractivity contribution in [3.05, 3.63) is 47.2 Å². The van der Waals surface area contributed by atoms with Crippen LogP contribution in [0.3, 0.4) is 0 Å². The Morgan fingerprint density at radius 3 is 2.52 bits per heavy atom. The minimum absolute atomic E-state index is 0.533. The summed E-state index contributed by atoms with van der Waals surface area (Å²) >= 11 is 0. The van der Waals surface area contributed by atoms with E-state index in [2.05, 4.69) is 33.9 Å². The fourth-order valence-electron chi connectivity index (χ4n) is 2.21. The van der Waals surface area contributed by atoms with E-state index in [0.29, 0.717) is 18.4 Å². The van der Waals surface area contributed by atoms with Gasteiger partial charge in [0.1, 0.15) is 0 Å². The molecular weight excluding hydrogens is 264 g/mol. The van der Waals surface area contributed by atoms with E-state index in [9.17, 15) is 0 Å². The monoisotopic (exact) mass is 286 g/mol. The summed E-state index contributed by atoms with van der Waals surface area (Å²) in [6.07, 6.45) is 0. The van der Waals surface area contributed by atoms with Crippen LogP contribution in [-0.2, 0) is 13.1 Å². The molecule has 1 aromatic heterocycles. The molecule has 0 atom stereocenters. The Morgan fingerprint density at radius 1 is 1.19 bits per heavy atom. The topological polar surface area (TPSA) is 64.3 Å². The summed E-state index contributed by atoms with van der Waals surface area (Å²) in [6, 6.07) is 10.0. The lowest BCUT2D eigenvalue weighted by Crippen LogP contribution is -2.25. The molecule has 2 aromatic rings. The van der Waals surface area contributed by atoms with Crippen LogP contribution in [0.25, 0.3) is 0 Å². The van der Waals surface area contributed by atoms with E-state index in [1.54, 1.807) is 7.11 Å². The maximum absolute atomic E-state index is 5.81. The zero-order valence-corrected chi connectivity index (χ0v) is 12.8. The molecule has 0 aliphatic rings. The number of aryl methyl sites for hydroxylation is 1. The van der Waals surface area contributed by atoms with Gasteiger partial charge in [0.25, 0.3) is 0 Å². The van der Waals surface area contributed by atoms with Crippen molar-refractivity contribution in [3.63, 3.8) is 0 Å². The molecule has 0 saturated heterocycles. The summed E-state index contributed by atoms with van der Waals surface area (Å²) in [5.74, 6) is 1.27. The van der Waals surface area contributed by atoms with Crippen molar-refractivity contribution >= 4 is 5.95 Å². The minimum atomic E-state index is 0.533. The zero-order chi connectivity index (χ0) is 15.2. The molecule has 5 nitrogen and oxygen atoms in total. The molecule has 21 heavy (non-hydrogen) atoms. The number of nitrogens with zero attached hydrogens (tertiary/aromatic N) is 3. The van der Waals surface area contributed by atoms with E-state index in [0.717, 1.165) is 24.3 Å². The summed E-state index contributed by atoms with van der Waals surface area (Å²) in [4.78, 5) is 11.1. The SMILES string of the molecule is CCN(Cc1ccccc1CN)c1nc(C)cc(OC)n1. The second kappa shape index (κ2) is 7.04. The van der Waals surface area contributed by atoms with Gasteiger partial charge in [0, 0.05) is 31.4 Å². The molecular formula is C16H22N4O. The normalized spacial score (nSPS) is 10.5. The first-order chi connectivity index (χ1) is 10.2. The van der Waals surface area contributed by atoms with Crippen LogP contribution >= 0.6 is 0 Å². The molecule has 0 aliphatic carbocycles. The van der Waals surface area contributed by atoms with Gasteiger partial charge in [-0.3, -0.25) is 0 Å². The lowest BCUT2D eigenvalue weighted by Gasteiger charge is -2.22. The van der Waals surface area contributed by atoms with Crippen molar-refractivity contribution in [3.8, 4) is 5.88 Å².